The molecule has 0 radical (unpaired) electrons. The van der Waals surface area contributed by atoms with Gasteiger partial charge in [-0.25, -0.2) is 0 Å². The minimum atomic E-state index is -0.207. The first kappa shape index (κ1) is 16.9. The fraction of sp³-hybridized carbons (Fsp3) is 0. The van der Waals surface area contributed by atoms with Crippen LogP contribution in [0, 0.1) is 3.57 Å². The normalized spacial score (nSPS) is 10.4. The van der Waals surface area contributed by atoms with Gasteiger partial charge in [-0.1, -0.05) is 72.3 Å². The molecule has 0 bridgehead atoms. The van der Waals surface area contributed by atoms with Crippen molar-refractivity contribution in [2.24, 2.45) is 0 Å². The highest BCUT2D eigenvalue weighted by Gasteiger charge is 2.23. The number of hydrogen-bond acceptors (Lipinski definition) is 2. The van der Waals surface area contributed by atoms with Gasteiger partial charge in [0.15, 0.2) is 11.6 Å². The lowest BCUT2D eigenvalue weighted by Gasteiger charge is -2.12. The van der Waals surface area contributed by atoms with Crippen LogP contribution < -0.4 is 0 Å². The first-order chi connectivity index (χ1) is 11.6. The summed E-state index contributed by atoms with van der Waals surface area (Å²) < 4.78 is 0.588. The molecule has 24 heavy (non-hydrogen) atoms. The molecule has 0 saturated carbocycles. The van der Waals surface area contributed by atoms with E-state index in [-0.39, 0.29) is 11.6 Å². The molecule has 0 saturated heterocycles. The minimum Gasteiger partial charge on any atom is -0.289 e. The molecule has 0 N–H and O–H groups in total. The van der Waals surface area contributed by atoms with Crippen LogP contribution >= 0.6 is 34.2 Å². The monoisotopic (exact) mass is 446 g/mol. The highest BCUT2D eigenvalue weighted by Crippen LogP contribution is 2.29. The average Bonchev–Trinajstić information content (AvgIpc) is 2.64. The second kappa shape index (κ2) is 7.28. The molecule has 3 aromatic rings. The zero-order valence-electron chi connectivity index (χ0n) is 12.5. The fourth-order valence-corrected chi connectivity index (χ4v) is 3.31. The van der Waals surface area contributed by atoms with Crippen LogP contribution in [0.5, 0.6) is 0 Å². The Labute approximate surface area is 158 Å². The average molecular weight is 447 g/mol. The van der Waals surface area contributed by atoms with Crippen LogP contribution in [0.3, 0.4) is 0 Å². The summed E-state index contributed by atoms with van der Waals surface area (Å²) in [6, 6.07) is 21.1. The molecule has 0 amide bonds. The minimum absolute atomic E-state index is 0.190. The highest BCUT2D eigenvalue weighted by atomic mass is 127. The molecule has 0 aliphatic carbocycles. The molecule has 3 rings (SSSR count). The summed E-state index contributed by atoms with van der Waals surface area (Å²) in [5.74, 6) is -0.397. The molecule has 2 nitrogen and oxygen atoms in total. The number of carbonyl (C=O) groups is 2. The lowest BCUT2D eigenvalue weighted by atomic mass is 9.93. The van der Waals surface area contributed by atoms with Gasteiger partial charge >= 0.3 is 0 Å². The van der Waals surface area contributed by atoms with E-state index in [4.69, 9.17) is 11.6 Å². The van der Waals surface area contributed by atoms with E-state index in [1.165, 1.54) is 0 Å². The summed E-state index contributed by atoms with van der Waals surface area (Å²) in [6.07, 6.45) is 0. The Hall–Kier alpha value is -1.98. The quantitative estimate of drug-likeness (QED) is 0.397. The molecule has 0 aromatic heterocycles. The Kier molecular flexibility index (Phi) is 5.11. The summed E-state index contributed by atoms with van der Waals surface area (Å²) in [5, 5.41) is 0.458. The second-order valence-corrected chi connectivity index (χ2v) is 6.66. The van der Waals surface area contributed by atoms with E-state index in [1.54, 1.807) is 60.7 Å². The molecule has 0 unspecified atom stereocenters. The summed E-state index contributed by atoms with van der Waals surface area (Å²) in [6.45, 7) is 0. The Balaban J connectivity index is 2.16. The fourth-order valence-electron chi connectivity index (χ4n) is 2.44. The lowest BCUT2D eigenvalue weighted by molar-refractivity contribution is 0.100. The molecule has 0 atom stereocenters. The van der Waals surface area contributed by atoms with Gasteiger partial charge in [-0.3, -0.25) is 9.59 Å². The zero-order valence-corrected chi connectivity index (χ0v) is 15.4. The third-order valence-corrected chi connectivity index (χ3v) is 5.39. The largest absolute Gasteiger partial charge is 0.289 e. The molecular weight excluding hydrogens is 435 g/mol. The number of rotatable bonds is 4. The van der Waals surface area contributed by atoms with Crippen LogP contribution in [-0.4, -0.2) is 11.6 Å². The van der Waals surface area contributed by atoms with Crippen molar-refractivity contribution in [3.8, 4) is 0 Å². The zero-order chi connectivity index (χ0) is 17.1. The molecule has 0 fully saturated rings. The van der Waals surface area contributed by atoms with Crippen molar-refractivity contribution in [3.63, 3.8) is 0 Å². The maximum absolute atomic E-state index is 13.0. The number of halogens is 2. The number of benzene rings is 3. The van der Waals surface area contributed by atoms with Crippen molar-refractivity contribution in [1.29, 1.82) is 0 Å². The Morgan fingerprint density at radius 1 is 0.708 bits per heavy atom. The van der Waals surface area contributed by atoms with E-state index in [0.29, 0.717) is 30.8 Å². The summed E-state index contributed by atoms with van der Waals surface area (Å²) in [5.41, 5.74) is 1.78. The molecule has 0 aliphatic rings. The SMILES string of the molecule is O=C(c1ccccc1)c1ccc(Cl)c(I)c1C(=O)c1ccccc1. The maximum Gasteiger partial charge on any atom is 0.194 e. The number of carbonyl (C=O) groups excluding carboxylic acids is 2. The summed E-state index contributed by atoms with van der Waals surface area (Å²) >= 11 is 8.22. The van der Waals surface area contributed by atoms with Crippen molar-refractivity contribution < 1.29 is 9.59 Å². The maximum atomic E-state index is 13.0. The molecule has 0 heterocycles. The van der Waals surface area contributed by atoms with Gasteiger partial charge in [0.1, 0.15) is 0 Å². The van der Waals surface area contributed by atoms with E-state index in [0.717, 1.165) is 0 Å². The van der Waals surface area contributed by atoms with Crippen molar-refractivity contribution in [2.75, 3.05) is 0 Å². The van der Waals surface area contributed by atoms with Crippen LogP contribution in [0.1, 0.15) is 31.8 Å². The molecular formula is C20H12ClIO2. The predicted octanol–water partition coefficient (Wildman–Crippen LogP) is 5.41. The van der Waals surface area contributed by atoms with E-state index in [9.17, 15) is 9.59 Å². The van der Waals surface area contributed by atoms with Gasteiger partial charge < -0.3 is 0 Å². The second-order valence-electron chi connectivity index (χ2n) is 5.17. The van der Waals surface area contributed by atoms with E-state index in [2.05, 4.69) is 0 Å². The van der Waals surface area contributed by atoms with Gasteiger partial charge in [-0.2, -0.15) is 0 Å². The van der Waals surface area contributed by atoms with Gasteiger partial charge in [0.2, 0.25) is 0 Å². The molecule has 118 valence electrons. The predicted molar refractivity (Wildman–Crippen MR) is 104 cm³/mol. The molecule has 4 heteroatoms. The van der Waals surface area contributed by atoms with Gasteiger partial charge in [0.25, 0.3) is 0 Å². The van der Waals surface area contributed by atoms with Crippen LogP contribution in [0.15, 0.2) is 72.8 Å². The van der Waals surface area contributed by atoms with Gasteiger partial charge in [-0.05, 0) is 34.7 Å². The molecule has 3 aromatic carbocycles. The van der Waals surface area contributed by atoms with Gasteiger partial charge in [0, 0.05) is 25.8 Å². The smallest absolute Gasteiger partial charge is 0.194 e. The van der Waals surface area contributed by atoms with E-state index >= 15 is 0 Å². The Bertz CT molecular complexity index is 906. The first-order valence-corrected chi connectivity index (χ1v) is 8.72. The Morgan fingerprint density at radius 2 is 1.21 bits per heavy atom. The van der Waals surface area contributed by atoms with Crippen LogP contribution in [0.25, 0.3) is 0 Å². The van der Waals surface area contributed by atoms with E-state index < -0.39 is 0 Å². The van der Waals surface area contributed by atoms with Crippen molar-refractivity contribution >= 4 is 45.8 Å². The van der Waals surface area contributed by atoms with E-state index in [1.807, 2.05) is 34.7 Å². The third kappa shape index (κ3) is 3.28. The number of hydrogen-bond donors (Lipinski definition) is 0. The molecule has 0 spiro atoms. The van der Waals surface area contributed by atoms with Crippen LogP contribution in [-0.2, 0) is 0 Å². The third-order valence-electron chi connectivity index (χ3n) is 3.64. The summed E-state index contributed by atoms with van der Waals surface area (Å²) in [7, 11) is 0. The van der Waals surface area contributed by atoms with Crippen molar-refractivity contribution in [1.82, 2.24) is 0 Å². The van der Waals surface area contributed by atoms with Gasteiger partial charge in [0.05, 0.1) is 5.02 Å². The Morgan fingerprint density at radius 3 is 1.75 bits per heavy atom. The van der Waals surface area contributed by atoms with Crippen LogP contribution in [0.2, 0.25) is 5.02 Å². The molecule has 0 aliphatic heterocycles. The van der Waals surface area contributed by atoms with Crippen LogP contribution in [0.4, 0.5) is 0 Å². The van der Waals surface area contributed by atoms with Gasteiger partial charge in [-0.15, -0.1) is 0 Å². The number of ketones is 2. The highest BCUT2D eigenvalue weighted by molar-refractivity contribution is 14.1. The van der Waals surface area contributed by atoms with Crippen molar-refractivity contribution in [3.05, 3.63) is 104 Å². The van der Waals surface area contributed by atoms with Crippen molar-refractivity contribution in [2.45, 2.75) is 0 Å². The summed E-state index contributed by atoms with van der Waals surface area (Å²) in [4.78, 5) is 25.8. The standard InChI is InChI=1S/C20H12ClIO2/c21-16-12-11-15(19(23)13-7-3-1-4-8-13)17(18(16)22)20(24)14-9-5-2-6-10-14/h1-12H. The topological polar surface area (TPSA) is 34.1 Å². The lowest BCUT2D eigenvalue weighted by Crippen LogP contribution is -2.13. The first-order valence-electron chi connectivity index (χ1n) is 7.27.